The fourth-order valence-corrected chi connectivity index (χ4v) is 10.3. The van der Waals surface area contributed by atoms with Crippen LogP contribution in [-0.2, 0) is 41.7 Å². The molecular formula is C56H64N6O10S. The summed E-state index contributed by atoms with van der Waals surface area (Å²) in [5.74, 6) is -0.967. The van der Waals surface area contributed by atoms with Gasteiger partial charge in [-0.2, -0.15) is 0 Å². The predicted octanol–water partition coefficient (Wildman–Crippen LogP) is 7.97. The lowest BCUT2D eigenvalue weighted by Crippen LogP contribution is -2.50. The molecule has 4 aromatic carbocycles. The van der Waals surface area contributed by atoms with Crippen LogP contribution in [0.25, 0.3) is 43.4 Å². The number of thiazole rings is 1. The highest BCUT2D eigenvalue weighted by atomic mass is 32.1. The Labute approximate surface area is 428 Å². The Bertz CT molecular complexity index is 3050. The van der Waals surface area contributed by atoms with Crippen molar-refractivity contribution in [1.82, 2.24) is 24.9 Å². The minimum absolute atomic E-state index is 0.0120. The van der Waals surface area contributed by atoms with E-state index in [-0.39, 0.29) is 70.0 Å². The first kappa shape index (κ1) is 52.6. The normalized spacial score (nSPS) is 15.3. The molecule has 1 saturated heterocycles. The number of aliphatic hydroxyl groups excluding tert-OH is 1. The van der Waals surface area contributed by atoms with Crippen LogP contribution in [0.3, 0.4) is 0 Å². The number of Topliss-reactive ketones (excluding diaryl/α,β-unsaturated/α-hetero) is 1. The number of fused-ring (bicyclic) bond motifs is 3. The van der Waals surface area contributed by atoms with Crippen LogP contribution in [0, 0.1) is 32.1 Å². The number of hydrogen-bond donors (Lipinski definition) is 3. The number of aromatic nitrogens is 3. The van der Waals surface area contributed by atoms with Gasteiger partial charge in [0.2, 0.25) is 17.7 Å². The number of primary amides is 1. The van der Waals surface area contributed by atoms with Crippen molar-refractivity contribution in [3.8, 4) is 27.3 Å². The number of rotatable bonds is 23. The van der Waals surface area contributed by atoms with Gasteiger partial charge in [-0.1, -0.05) is 80.5 Å². The number of nitrogens with one attached hydrogen (secondary N) is 1. The summed E-state index contributed by atoms with van der Waals surface area (Å²) >= 11 is 1.57. The van der Waals surface area contributed by atoms with Gasteiger partial charge >= 0.3 is 0 Å². The SMILES string of the molecule is Cc1ncsc1-c1ccc(CNC(=O)[C@@H]2C[C@@H](O)CN2C(=O)[C@@H](CC(=O)COCCOCCOCCOc2ccc3c(c2)c2c(C(N)=O)cc(-c4c(C)noc4C)cc2n3Cc2ccccc2)C(C)(C)C)cc1. The van der Waals surface area contributed by atoms with E-state index in [0.29, 0.717) is 43.4 Å². The molecule has 73 heavy (non-hydrogen) atoms. The van der Waals surface area contributed by atoms with Gasteiger partial charge in [0, 0.05) is 65.8 Å². The summed E-state index contributed by atoms with van der Waals surface area (Å²) in [6.45, 7) is 13.6. The summed E-state index contributed by atoms with van der Waals surface area (Å²) < 4.78 is 30.9. The molecule has 1 fully saturated rings. The maximum Gasteiger partial charge on any atom is 0.249 e. The number of amides is 3. The van der Waals surface area contributed by atoms with E-state index in [1.54, 1.807) is 11.3 Å². The number of carbonyl (C=O) groups excluding carboxylic acids is 4. The van der Waals surface area contributed by atoms with Crippen LogP contribution in [-0.4, -0.2) is 113 Å². The maximum absolute atomic E-state index is 14.1. The Morgan fingerprint density at radius 3 is 2.22 bits per heavy atom. The Morgan fingerprint density at radius 2 is 1.56 bits per heavy atom. The molecule has 384 valence electrons. The van der Waals surface area contributed by atoms with E-state index in [9.17, 15) is 24.3 Å². The molecule has 16 nitrogen and oxygen atoms in total. The van der Waals surface area contributed by atoms with Crippen LogP contribution in [0.15, 0.2) is 95.0 Å². The van der Waals surface area contributed by atoms with Crippen molar-refractivity contribution in [2.45, 2.75) is 79.6 Å². The average Bonchev–Trinajstić information content (AvgIpc) is 4.15. The summed E-state index contributed by atoms with van der Waals surface area (Å²) in [5, 5.41) is 19.3. The van der Waals surface area contributed by atoms with Crippen LogP contribution >= 0.6 is 11.3 Å². The predicted molar refractivity (Wildman–Crippen MR) is 279 cm³/mol. The van der Waals surface area contributed by atoms with Gasteiger partial charge in [-0.3, -0.25) is 19.2 Å². The molecule has 0 spiro atoms. The quantitative estimate of drug-likeness (QED) is 0.0521. The zero-order valence-corrected chi connectivity index (χ0v) is 43.1. The van der Waals surface area contributed by atoms with Crippen molar-refractivity contribution in [3.63, 3.8) is 0 Å². The molecule has 3 aromatic heterocycles. The van der Waals surface area contributed by atoms with E-state index in [0.717, 1.165) is 65.9 Å². The van der Waals surface area contributed by atoms with E-state index in [2.05, 4.69) is 38.2 Å². The number of carbonyl (C=O) groups is 4. The lowest BCUT2D eigenvalue weighted by atomic mass is 9.77. The fourth-order valence-electron chi connectivity index (χ4n) is 9.52. The molecule has 0 saturated carbocycles. The van der Waals surface area contributed by atoms with Gasteiger partial charge < -0.3 is 49.1 Å². The standard InChI is InChI=1S/C56H64N6O10S/c1-34-50(36(3)72-60-34)40-24-45(53(57)65)51-44-28-43(16-17-47(44)61(48(51)25-40)30-38-10-8-7-9-11-38)71-23-22-69-19-18-68-20-21-70-32-42(64)26-46(56(4,5)6)55(67)62-31-41(63)27-49(62)54(66)58-29-37-12-14-39(15-13-37)52-35(2)59-33-73-52/h7-17,24-25,28,33,41,46,49,63H,18-23,26-27,29-32H2,1-6H3,(H2,57,65)(H,58,66)/t41-,46-,49+/m1/s1. The van der Waals surface area contributed by atoms with Gasteiger partial charge in [0.15, 0.2) is 5.78 Å². The minimum atomic E-state index is -0.858. The number of hydrogen-bond acceptors (Lipinski definition) is 13. The molecule has 1 aliphatic heterocycles. The molecule has 4 N–H and O–H groups in total. The highest BCUT2D eigenvalue weighted by Crippen LogP contribution is 2.39. The topological polar surface area (TPSA) is 211 Å². The molecule has 0 aliphatic carbocycles. The molecular weight excluding hydrogens is 949 g/mol. The highest BCUT2D eigenvalue weighted by Gasteiger charge is 2.44. The fraction of sp³-hybridized carbons (Fsp3) is 0.393. The van der Waals surface area contributed by atoms with Gasteiger partial charge in [-0.25, -0.2) is 4.98 Å². The number of ether oxygens (including phenoxy) is 4. The van der Waals surface area contributed by atoms with Crippen molar-refractivity contribution < 1.29 is 47.8 Å². The molecule has 0 bridgehead atoms. The molecule has 0 unspecified atom stereocenters. The molecule has 4 heterocycles. The Balaban J connectivity index is 0.771. The number of likely N-dealkylation sites (tertiary alicyclic amines) is 1. The Morgan fingerprint density at radius 1 is 0.849 bits per heavy atom. The minimum Gasteiger partial charge on any atom is -0.491 e. The largest absolute Gasteiger partial charge is 0.491 e. The number of ketones is 1. The molecule has 1 aliphatic rings. The second-order valence-electron chi connectivity index (χ2n) is 19.6. The van der Waals surface area contributed by atoms with Crippen molar-refractivity contribution in [2.75, 3.05) is 52.8 Å². The number of β-amino-alcohol motifs (C(OH)–C–C–N with tert-alkyl or cyclic N) is 1. The number of nitrogens with two attached hydrogens (primary N) is 1. The lowest BCUT2D eigenvalue weighted by molar-refractivity contribution is -0.146. The van der Waals surface area contributed by atoms with E-state index in [4.69, 9.17) is 29.2 Å². The summed E-state index contributed by atoms with van der Waals surface area (Å²) in [7, 11) is 0. The van der Waals surface area contributed by atoms with E-state index < -0.39 is 29.4 Å². The molecule has 3 amide bonds. The van der Waals surface area contributed by atoms with Crippen LogP contribution in [0.2, 0.25) is 0 Å². The van der Waals surface area contributed by atoms with Crippen molar-refractivity contribution in [1.29, 1.82) is 0 Å². The first-order chi connectivity index (χ1) is 35.1. The van der Waals surface area contributed by atoms with Crippen LogP contribution < -0.4 is 15.8 Å². The van der Waals surface area contributed by atoms with Gasteiger partial charge in [0.25, 0.3) is 0 Å². The summed E-state index contributed by atoms with van der Waals surface area (Å²) in [5.41, 5.74) is 15.8. The van der Waals surface area contributed by atoms with Crippen molar-refractivity contribution in [2.24, 2.45) is 17.1 Å². The van der Waals surface area contributed by atoms with Crippen LogP contribution in [0.1, 0.15) is 72.2 Å². The van der Waals surface area contributed by atoms with Crippen molar-refractivity contribution in [3.05, 3.63) is 124 Å². The second-order valence-corrected chi connectivity index (χ2v) is 20.5. The molecule has 3 atom stereocenters. The smallest absolute Gasteiger partial charge is 0.249 e. The van der Waals surface area contributed by atoms with Gasteiger partial charge in [0.1, 0.15) is 30.8 Å². The van der Waals surface area contributed by atoms with Gasteiger partial charge in [-0.15, -0.1) is 11.3 Å². The molecule has 0 radical (unpaired) electrons. The van der Waals surface area contributed by atoms with Crippen molar-refractivity contribution >= 4 is 56.6 Å². The zero-order valence-electron chi connectivity index (χ0n) is 42.3. The Kier molecular flexibility index (Phi) is 16.9. The van der Waals surface area contributed by atoms with E-state index >= 15 is 0 Å². The first-order valence-corrected chi connectivity index (χ1v) is 25.5. The number of aryl methyl sites for hydroxylation is 3. The molecule has 17 heteroatoms. The van der Waals surface area contributed by atoms with E-state index in [1.165, 1.54) is 4.90 Å². The van der Waals surface area contributed by atoms with Crippen LogP contribution in [0.5, 0.6) is 5.75 Å². The summed E-state index contributed by atoms with van der Waals surface area (Å²) in [6.07, 6.45) is -0.815. The van der Waals surface area contributed by atoms with Crippen LogP contribution in [0.4, 0.5) is 0 Å². The van der Waals surface area contributed by atoms with Gasteiger partial charge in [-0.05, 0) is 78.8 Å². The summed E-state index contributed by atoms with van der Waals surface area (Å²) in [6, 6.07) is 26.8. The zero-order chi connectivity index (χ0) is 51.8. The number of benzene rings is 4. The number of nitrogens with zero attached hydrogens (tertiary/aromatic N) is 4. The monoisotopic (exact) mass is 1010 g/mol. The molecule has 7 aromatic rings. The summed E-state index contributed by atoms with van der Waals surface area (Å²) in [4.78, 5) is 60.7. The van der Waals surface area contributed by atoms with Gasteiger partial charge in [0.05, 0.1) is 66.4 Å². The average molecular weight is 1010 g/mol. The third-order valence-corrected chi connectivity index (χ3v) is 14.3. The third kappa shape index (κ3) is 12.5. The first-order valence-electron chi connectivity index (χ1n) is 24.6. The Hall–Kier alpha value is -6.76. The third-order valence-electron chi connectivity index (χ3n) is 13.3. The number of aliphatic hydroxyl groups is 1. The highest BCUT2D eigenvalue weighted by molar-refractivity contribution is 7.13. The molecule has 8 rings (SSSR count). The lowest BCUT2D eigenvalue weighted by Gasteiger charge is -2.34. The van der Waals surface area contributed by atoms with E-state index in [1.807, 2.05) is 114 Å². The maximum atomic E-state index is 14.1. The second kappa shape index (κ2) is 23.4.